The van der Waals surface area contributed by atoms with Crippen molar-refractivity contribution in [1.82, 2.24) is 5.32 Å². The monoisotopic (exact) mass is 496 g/mol. The van der Waals surface area contributed by atoms with Gasteiger partial charge in [0, 0.05) is 12.1 Å². The van der Waals surface area contributed by atoms with Crippen LogP contribution in [0, 0.1) is 0 Å². The van der Waals surface area contributed by atoms with E-state index in [1.54, 1.807) is 56.4 Å². The number of amides is 2. The van der Waals surface area contributed by atoms with Gasteiger partial charge in [0.05, 0.1) is 13.2 Å². The number of carbonyl (C=O) groups excluding carboxylic acids is 2. The zero-order valence-electron chi connectivity index (χ0n) is 20.5. The fraction of sp³-hybridized carbons (Fsp3) is 0.333. The van der Waals surface area contributed by atoms with Gasteiger partial charge in [0.15, 0.2) is 0 Å². The Morgan fingerprint density at radius 2 is 1.63 bits per heavy atom. The van der Waals surface area contributed by atoms with E-state index < -0.39 is 29.7 Å². The van der Waals surface area contributed by atoms with Crippen LogP contribution in [0.4, 0.5) is 10.5 Å². The van der Waals surface area contributed by atoms with Crippen LogP contribution in [0.3, 0.4) is 0 Å². The molecule has 0 saturated heterocycles. The summed E-state index contributed by atoms with van der Waals surface area (Å²) in [6.07, 6.45) is -0.0119. The third-order valence-corrected chi connectivity index (χ3v) is 5.86. The molecule has 8 heteroatoms. The molecule has 0 spiro atoms. The van der Waals surface area contributed by atoms with Crippen molar-refractivity contribution < 1.29 is 24.2 Å². The third kappa shape index (κ3) is 7.83. The number of alkyl carbamates (subject to hydrolysis) is 1. The Bertz CT molecular complexity index is 1110. The topological polar surface area (TPSA) is 96.9 Å². The number of anilines is 1. The SMILES string of the molecule is CC(C)(C)OC(=O)N[C@@](C)(CO)C(=O)Nc1ccc(OCCc2ccc(-c3ccsc3)cc2)cc1. The first kappa shape index (κ1) is 26.2. The van der Waals surface area contributed by atoms with Crippen molar-refractivity contribution in [3.05, 3.63) is 70.9 Å². The number of aliphatic hydroxyl groups is 1. The summed E-state index contributed by atoms with van der Waals surface area (Å²) < 4.78 is 11.0. The molecule has 0 aliphatic rings. The van der Waals surface area contributed by atoms with Crippen molar-refractivity contribution in [3.63, 3.8) is 0 Å². The standard InChI is InChI=1S/C27H32N2O5S/c1-26(2,3)34-25(32)29-27(4,18-30)24(31)28-22-9-11-23(12-10-22)33-15-13-19-5-7-20(8-6-19)21-14-16-35-17-21/h5-12,14,16-17,30H,13,15,18H2,1-4H3,(H,28,31)(H,29,32)/t27-/m0/s1. The van der Waals surface area contributed by atoms with Gasteiger partial charge in [0.2, 0.25) is 0 Å². The van der Waals surface area contributed by atoms with Crippen LogP contribution in [0.2, 0.25) is 0 Å². The minimum absolute atomic E-state index is 0.511. The fourth-order valence-corrected chi connectivity index (χ4v) is 3.84. The van der Waals surface area contributed by atoms with Crippen LogP contribution in [-0.4, -0.2) is 41.5 Å². The highest BCUT2D eigenvalue weighted by atomic mass is 32.1. The zero-order valence-corrected chi connectivity index (χ0v) is 21.3. The molecule has 3 N–H and O–H groups in total. The van der Waals surface area contributed by atoms with Crippen molar-refractivity contribution in [1.29, 1.82) is 0 Å². The molecule has 35 heavy (non-hydrogen) atoms. The van der Waals surface area contributed by atoms with Crippen molar-refractivity contribution in [3.8, 4) is 16.9 Å². The molecule has 0 aliphatic heterocycles. The second kappa shape index (κ2) is 11.4. The lowest BCUT2D eigenvalue weighted by Crippen LogP contribution is -2.58. The number of thiophene rings is 1. The lowest BCUT2D eigenvalue weighted by atomic mass is 10.0. The molecule has 0 saturated carbocycles. The van der Waals surface area contributed by atoms with E-state index in [1.807, 2.05) is 0 Å². The van der Waals surface area contributed by atoms with Crippen molar-refractivity contribution in [2.24, 2.45) is 0 Å². The Hall–Kier alpha value is -3.36. The number of hydrogen-bond donors (Lipinski definition) is 3. The largest absolute Gasteiger partial charge is 0.493 e. The summed E-state index contributed by atoms with van der Waals surface area (Å²) in [4.78, 5) is 24.8. The average molecular weight is 497 g/mol. The van der Waals surface area contributed by atoms with Crippen LogP contribution in [-0.2, 0) is 16.0 Å². The first-order valence-electron chi connectivity index (χ1n) is 11.4. The number of benzene rings is 2. The maximum absolute atomic E-state index is 12.7. The molecule has 0 aliphatic carbocycles. The average Bonchev–Trinajstić information content (AvgIpc) is 3.34. The Morgan fingerprint density at radius 1 is 0.943 bits per heavy atom. The van der Waals surface area contributed by atoms with Gasteiger partial charge in [-0.1, -0.05) is 24.3 Å². The quantitative estimate of drug-likeness (QED) is 0.376. The van der Waals surface area contributed by atoms with E-state index in [9.17, 15) is 14.7 Å². The normalized spacial score (nSPS) is 12.9. The van der Waals surface area contributed by atoms with Gasteiger partial charge in [-0.25, -0.2) is 4.79 Å². The van der Waals surface area contributed by atoms with E-state index in [4.69, 9.17) is 9.47 Å². The fourth-order valence-electron chi connectivity index (χ4n) is 3.18. The Balaban J connectivity index is 1.49. The molecule has 7 nitrogen and oxygen atoms in total. The van der Waals surface area contributed by atoms with Crippen LogP contribution >= 0.6 is 11.3 Å². The number of aliphatic hydroxyl groups excluding tert-OH is 1. The molecule has 2 amide bonds. The molecule has 186 valence electrons. The predicted octanol–water partition coefficient (Wildman–Crippen LogP) is 5.25. The van der Waals surface area contributed by atoms with E-state index in [2.05, 4.69) is 51.7 Å². The second-order valence-corrected chi connectivity index (χ2v) is 10.2. The minimum Gasteiger partial charge on any atom is -0.493 e. The molecule has 0 radical (unpaired) electrons. The molecule has 0 bridgehead atoms. The van der Waals surface area contributed by atoms with E-state index in [0.29, 0.717) is 18.0 Å². The molecule has 0 unspecified atom stereocenters. The summed E-state index contributed by atoms with van der Waals surface area (Å²) in [5, 5.41) is 19.1. The van der Waals surface area contributed by atoms with Gasteiger partial charge in [0.25, 0.3) is 5.91 Å². The summed E-state index contributed by atoms with van der Waals surface area (Å²) >= 11 is 1.68. The second-order valence-electron chi connectivity index (χ2n) is 9.40. The van der Waals surface area contributed by atoms with Crippen molar-refractivity contribution in [2.75, 3.05) is 18.5 Å². The molecule has 1 aromatic heterocycles. The van der Waals surface area contributed by atoms with Gasteiger partial charge in [0.1, 0.15) is 16.9 Å². The summed E-state index contributed by atoms with van der Waals surface area (Å²) in [5.41, 5.74) is 1.86. The van der Waals surface area contributed by atoms with Gasteiger partial charge in [-0.15, -0.1) is 0 Å². The Morgan fingerprint density at radius 3 is 2.20 bits per heavy atom. The number of rotatable bonds is 9. The molecule has 3 rings (SSSR count). The number of hydrogen-bond acceptors (Lipinski definition) is 6. The maximum atomic E-state index is 12.7. The Labute approximate surface area is 210 Å². The highest BCUT2D eigenvalue weighted by Crippen LogP contribution is 2.23. The highest BCUT2D eigenvalue weighted by molar-refractivity contribution is 7.08. The zero-order chi connectivity index (χ0) is 25.5. The van der Waals surface area contributed by atoms with E-state index in [-0.39, 0.29) is 0 Å². The molecule has 2 aromatic carbocycles. The molecular weight excluding hydrogens is 464 g/mol. The summed E-state index contributed by atoms with van der Waals surface area (Å²) in [6, 6.07) is 17.5. The van der Waals surface area contributed by atoms with Gasteiger partial charge in [-0.3, -0.25) is 4.79 Å². The van der Waals surface area contributed by atoms with E-state index in [0.717, 1.165) is 6.42 Å². The summed E-state index contributed by atoms with van der Waals surface area (Å²) in [7, 11) is 0. The smallest absolute Gasteiger partial charge is 0.408 e. The number of nitrogens with one attached hydrogen (secondary N) is 2. The van der Waals surface area contributed by atoms with Gasteiger partial charge in [-0.05, 0) is 85.5 Å². The lowest BCUT2D eigenvalue weighted by Gasteiger charge is -2.29. The van der Waals surface area contributed by atoms with Crippen LogP contribution in [0.25, 0.3) is 11.1 Å². The number of carbonyl (C=O) groups is 2. The molecule has 1 heterocycles. The molecule has 1 atom stereocenters. The predicted molar refractivity (Wildman–Crippen MR) is 139 cm³/mol. The summed E-state index contributed by atoms with van der Waals surface area (Å²) in [5.74, 6) is 0.111. The Kier molecular flexibility index (Phi) is 8.53. The van der Waals surface area contributed by atoms with Gasteiger partial charge in [-0.2, -0.15) is 11.3 Å². The lowest BCUT2D eigenvalue weighted by molar-refractivity contribution is -0.123. The first-order valence-corrected chi connectivity index (χ1v) is 12.3. The molecule has 3 aromatic rings. The first-order chi connectivity index (χ1) is 16.6. The van der Waals surface area contributed by atoms with Crippen LogP contribution in [0.5, 0.6) is 5.75 Å². The molecule has 0 fully saturated rings. The van der Waals surface area contributed by atoms with Crippen LogP contribution < -0.4 is 15.4 Å². The van der Waals surface area contributed by atoms with Crippen LogP contribution in [0.15, 0.2) is 65.4 Å². The van der Waals surface area contributed by atoms with Crippen molar-refractivity contribution >= 4 is 29.0 Å². The summed E-state index contributed by atoms with van der Waals surface area (Å²) in [6.45, 7) is 6.51. The maximum Gasteiger partial charge on any atom is 0.408 e. The van der Waals surface area contributed by atoms with E-state index >= 15 is 0 Å². The number of ether oxygens (including phenoxy) is 2. The highest BCUT2D eigenvalue weighted by Gasteiger charge is 2.36. The van der Waals surface area contributed by atoms with Gasteiger partial charge < -0.3 is 25.2 Å². The van der Waals surface area contributed by atoms with E-state index in [1.165, 1.54) is 23.6 Å². The van der Waals surface area contributed by atoms with Crippen LogP contribution in [0.1, 0.15) is 33.3 Å². The van der Waals surface area contributed by atoms with Crippen molar-refractivity contribution in [2.45, 2.75) is 45.3 Å². The molecular formula is C27H32N2O5S. The van der Waals surface area contributed by atoms with Gasteiger partial charge >= 0.3 is 6.09 Å². The minimum atomic E-state index is -1.55. The third-order valence-electron chi connectivity index (χ3n) is 5.17.